The number of carbonyl (C=O) groups excluding carboxylic acids is 2. The highest BCUT2D eigenvalue weighted by Crippen LogP contribution is 2.26. The van der Waals surface area contributed by atoms with Crippen molar-refractivity contribution in [2.24, 2.45) is 0 Å². The molecule has 0 fully saturated rings. The molecule has 0 atom stereocenters. The van der Waals surface area contributed by atoms with Crippen molar-refractivity contribution in [2.75, 3.05) is 18.0 Å². The molecule has 0 aliphatic rings. The van der Waals surface area contributed by atoms with Gasteiger partial charge in [-0.25, -0.2) is 0 Å². The van der Waals surface area contributed by atoms with Crippen molar-refractivity contribution in [3.63, 3.8) is 0 Å². The normalized spacial score (nSPS) is 11.8. The lowest BCUT2D eigenvalue weighted by atomic mass is 10.2. The van der Waals surface area contributed by atoms with Crippen molar-refractivity contribution in [1.29, 1.82) is 0 Å². The average Bonchev–Trinajstić information content (AvgIpc) is 2.40. The van der Waals surface area contributed by atoms with E-state index in [0.29, 0.717) is 12.0 Å². The van der Waals surface area contributed by atoms with Crippen LogP contribution in [-0.2, 0) is 14.3 Å². The lowest BCUT2D eigenvalue weighted by molar-refractivity contribution is -0.274. The monoisotopic (exact) mass is 347 g/mol. The first kappa shape index (κ1) is 19.8. The molecule has 1 rings (SSSR count). The minimum absolute atomic E-state index is 0.00450. The van der Waals surface area contributed by atoms with Gasteiger partial charge in [0.2, 0.25) is 0 Å². The number of nitrogens with zero attached hydrogens (tertiary/aromatic N) is 1. The van der Waals surface area contributed by atoms with E-state index in [2.05, 4.69) is 4.74 Å². The Morgan fingerprint density at radius 3 is 2.46 bits per heavy atom. The number of rotatable bonds is 7. The van der Waals surface area contributed by atoms with Crippen molar-refractivity contribution in [3.05, 3.63) is 24.3 Å². The van der Waals surface area contributed by atoms with Gasteiger partial charge in [-0.2, -0.15) is 0 Å². The molecular weight excluding hydrogens is 327 g/mol. The molecular formula is C16H20F3NO4. The van der Waals surface area contributed by atoms with Crippen molar-refractivity contribution >= 4 is 17.9 Å². The minimum Gasteiger partial charge on any atom is -0.460 e. The first-order valence-electron chi connectivity index (χ1n) is 7.26. The molecule has 24 heavy (non-hydrogen) atoms. The summed E-state index contributed by atoms with van der Waals surface area (Å²) in [6.45, 7) is 5.24. The van der Waals surface area contributed by atoms with E-state index in [0.717, 1.165) is 12.1 Å². The van der Waals surface area contributed by atoms with E-state index in [1.54, 1.807) is 20.8 Å². The lowest BCUT2D eigenvalue weighted by Gasteiger charge is -2.24. The molecule has 0 unspecified atom stereocenters. The topological polar surface area (TPSA) is 55.8 Å². The van der Waals surface area contributed by atoms with Crippen LogP contribution in [0.25, 0.3) is 0 Å². The van der Waals surface area contributed by atoms with Crippen molar-refractivity contribution in [3.8, 4) is 5.75 Å². The molecule has 0 amide bonds. The molecule has 0 aliphatic heterocycles. The van der Waals surface area contributed by atoms with E-state index >= 15 is 0 Å². The van der Waals surface area contributed by atoms with Crippen LogP contribution < -0.4 is 9.64 Å². The summed E-state index contributed by atoms with van der Waals surface area (Å²) < 4.78 is 45.9. The summed E-state index contributed by atoms with van der Waals surface area (Å²) in [5.41, 5.74) is -0.292. The number of benzene rings is 1. The molecule has 0 radical (unpaired) electrons. The van der Waals surface area contributed by atoms with Gasteiger partial charge in [0.15, 0.2) is 0 Å². The van der Waals surface area contributed by atoms with Crippen LogP contribution in [0.2, 0.25) is 0 Å². The number of anilines is 1. The van der Waals surface area contributed by atoms with Gasteiger partial charge in [-0.3, -0.25) is 4.79 Å². The molecule has 8 heteroatoms. The summed E-state index contributed by atoms with van der Waals surface area (Å²) in [5, 5.41) is 0. The fraction of sp³-hybridized carbons (Fsp3) is 0.500. The summed E-state index contributed by atoms with van der Waals surface area (Å²) in [6, 6.07) is 5.22. The summed E-state index contributed by atoms with van der Waals surface area (Å²) in [7, 11) is 0. The summed E-state index contributed by atoms with van der Waals surface area (Å²) in [5.74, 6) is -0.853. The van der Waals surface area contributed by atoms with Gasteiger partial charge in [0.25, 0.3) is 0 Å². The van der Waals surface area contributed by atoms with Crippen LogP contribution in [0.3, 0.4) is 0 Å². The zero-order chi connectivity index (χ0) is 18.4. The predicted molar refractivity (Wildman–Crippen MR) is 81.9 cm³/mol. The summed E-state index contributed by atoms with van der Waals surface area (Å²) >= 11 is 0. The molecule has 0 N–H and O–H groups in total. The average molecular weight is 347 g/mol. The highest BCUT2D eigenvalue weighted by molar-refractivity contribution is 5.71. The second-order valence-electron chi connectivity index (χ2n) is 5.99. The maximum atomic E-state index is 12.3. The Kier molecular flexibility index (Phi) is 6.62. The van der Waals surface area contributed by atoms with Crippen LogP contribution in [0.4, 0.5) is 18.9 Å². The fourth-order valence-electron chi connectivity index (χ4n) is 1.91. The largest absolute Gasteiger partial charge is 0.573 e. The maximum Gasteiger partial charge on any atom is 0.573 e. The molecule has 0 spiro atoms. The standard InChI is InChI=1S/C16H20F3NO4/c1-15(2,3)24-14(22)7-8-20(9-10-21)12-5-4-6-13(11-12)23-16(17,18)19/h4-6,10-11H,7-9H2,1-3H3. The first-order valence-corrected chi connectivity index (χ1v) is 7.26. The van der Waals surface area contributed by atoms with Gasteiger partial charge < -0.3 is 19.2 Å². The minimum atomic E-state index is -4.80. The molecule has 0 bridgehead atoms. The molecule has 1 aromatic carbocycles. The fourth-order valence-corrected chi connectivity index (χ4v) is 1.91. The number of hydrogen-bond acceptors (Lipinski definition) is 5. The Bertz CT molecular complexity index is 567. The van der Waals surface area contributed by atoms with Gasteiger partial charge in [0.1, 0.15) is 17.6 Å². The van der Waals surface area contributed by atoms with Crippen LogP contribution in [0.1, 0.15) is 27.2 Å². The molecule has 5 nitrogen and oxygen atoms in total. The molecule has 0 saturated heterocycles. The van der Waals surface area contributed by atoms with E-state index in [1.165, 1.54) is 17.0 Å². The van der Waals surface area contributed by atoms with Gasteiger partial charge in [-0.05, 0) is 32.9 Å². The zero-order valence-electron chi connectivity index (χ0n) is 13.7. The Balaban J connectivity index is 2.79. The van der Waals surface area contributed by atoms with Crippen molar-refractivity contribution in [1.82, 2.24) is 0 Å². The highest BCUT2D eigenvalue weighted by atomic mass is 19.4. The van der Waals surface area contributed by atoms with E-state index in [1.807, 2.05) is 0 Å². The van der Waals surface area contributed by atoms with Crippen molar-refractivity contribution < 1.29 is 32.2 Å². The van der Waals surface area contributed by atoms with Crippen LogP contribution in [0.5, 0.6) is 5.75 Å². The quantitative estimate of drug-likeness (QED) is 0.559. The third-order valence-electron chi connectivity index (χ3n) is 2.72. The Morgan fingerprint density at radius 1 is 1.25 bits per heavy atom. The smallest absolute Gasteiger partial charge is 0.460 e. The second kappa shape index (κ2) is 8.03. The van der Waals surface area contributed by atoms with Gasteiger partial charge in [0.05, 0.1) is 13.0 Å². The van der Waals surface area contributed by atoms with Gasteiger partial charge in [0, 0.05) is 18.3 Å². The van der Waals surface area contributed by atoms with Gasteiger partial charge in [-0.1, -0.05) is 6.07 Å². The number of ether oxygens (including phenoxy) is 2. The number of alkyl halides is 3. The van der Waals surface area contributed by atoms with Gasteiger partial charge >= 0.3 is 12.3 Å². The van der Waals surface area contributed by atoms with Crippen molar-refractivity contribution in [2.45, 2.75) is 39.2 Å². The molecule has 0 heterocycles. The molecule has 134 valence electrons. The lowest BCUT2D eigenvalue weighted by Crippen LogP contribution is -2.31. The number of aldehydes is 1. The van der Waals surface area contributed by atoms with Crippen LogP contribution in [-0.4, -0.2) is 37.3 Å². The molecule has 1 aromatic rings. The number of carbonyl (C=O) groups is 2. The zero-order valence-corrected chi connectivity index (χ0v) is 13.7. The Labute approximate surface area is 138 Å². The number of esters is 1. The van der Waals surface area contributed by atoms with Crippen LogP contribution >= 0.6 is 0 Å². The molecule has 0 aliphatic carbocycles. The first-order chi connectivity index (χ1) is 11.0. The maximum absolute atomic E-state index is 12.3. The number of halogens is 3. The van der Waals surface area contributed by atoms with E-state index in [4.69, 9.17) is 4.74 Å². The predicted octanol–water partition coefficient (Wildman–Crippen LogP) is 3.32. The van der Waals surface area contributed by atoms with Gasteiger partial charge in [-0.15, -0.1) is 13.2 Å². The molecule has 0 aromatic heterocycles. The number of hydrogen-bond donors (Lipinski definition) is 0. The van der Waals surface area contributed by atoms with Crippen LogP contribution in [0.15, 0.2) is 24.3 Å². The van der Waals surface area contributed by atoms with E-state index < -0.39 is 23.7 Å². The van der Waals surface area contributed by atoms with E-state index in [-0.39, 0.29) is 19.5 Å². The summed E-state index contributed by atoms with van der Waals surface area (Å²) in [4.78, 5) is 24.0. The van der Waals surface area contributed by atoms with E-state index in [9.17, 15) is 22.8 Å². The third kappa shape index (κ3) is 7.85. The molecule has 0 saturated carbocycles. The van der Waals surface area contributed by atoms with Crippen LogP contribution in [0, 0.1) is 0 Å². The highest BCUT2D eigenvalue weighted by Gasteiger charge is 2.31. The SMILES string of the molecule is CC(C)(C)OC(=O)CCN(CC=O)c1cccc(OC(F)(F)F)c1. The Hall–Kier alpha value is -2.25. The third-order valence-corrected chi connectivity index (χ3v) is 2.72. The Morgan fingerprint density at radius 2 is 1.92 bits per heavy atom. The summed E-state index contributed by atoms with van der Waals surface area (Å²) in [6.07, 6.45) is -4.20. The second-order valence-corrected chi connectivity index (χ2v) is 5.99.